The van der Waals surface area contributed by atoms with Crippen molar-refractivity contribution in [2.24, 2.45) is 0 Å². The maximum Gasteiger partial charge on any atom is 0.276 e. The van der Waals surface area contributed by atoms with Crippen molar-refractivity contribution in [3.05, 3.63) is 98.8 Å². The maximum absolute atomic E-state index is 14.2. The Morgan fingerprint density at radius 1 is 1.00 bits per heavy atom. The Hall–Kier alpha value is -3.46. The zero-order chi connectivity index (χ0) is 25.6. The fraction of sp³-hybridized carbons (Fsp3) is 0.308. The molecule has 3 aromatic rings. The second-order valence-electron chi connectivity index (χ2n) is 8.29. The van der Waals surface area contributed by atoms with Gasteiger partial charge in [0, 0.05) is 29.7 Å². The monoisotopic (exact) mass is 501 g/mol. The van der Waals surface area contributed by atoms with Gasteiger partial charge in [-0.05, 0) is 42.7 Å². The van der Waals surface area contributed by atoms with Gasteiger partial charge >= 0.3 is 0 Å². The second-order valence-corrected chi connectivity index (χ2v) is 10.5. The molecule has 0 aliphatic heterocycles. The van der Waals surface area contributed by atoms with E-state index >= 15 is 0 Å². The first-order valence-corrected chi connectivity index (χ1v) is 13.2. The standard InChI is InChI=1S/C26H28FNO6S/c1-4-34-25-16-18(12-13-24(25)33-2)22(17-35(3,31)32)15-21-10-7-9-20(26(21)28(29)30)14-19-8-5-6-11-23(19)27/h5-13,16,22H,4,14-15,17H2,1-3H3/t22-/m1/s1. The number of halogens is 1. The summed E-state index contributed by atoms with van der Waals surface area (Å²) in [6, 6.07) is 16.2. The topological polar surface area (TPSA) is 95.7 Å². The molecular weight excluding hydrogens is 473 g/mol. The first kappa shape index (κ1) is 26.2. The van der Waals surface area contributed by atoms with Crippen LogP contribution >= 0.6 is 0 Å². The summed E-state index contributed by atoms with van der Waals surface area (Å²) in [6.45, 7) is 2.21. The number of benzene rings is 3. The number of nitro benzene ring substituents is 1. The van der Waals surface area contributed by atoms with E-state index in [9.17, 15) is 22.9 Å². The molecule has 186 valence electrons. The third-order valence-corrected chi connectivity index (χ3v) is 6.66. The van der Waals surface area contributed by atoms with E-state index in [0.717, 1.165) is 6.26 Å². The summed E-state index contributed by atoms with van der Waals surface area (Å²) in [5.74, 6) is -0.249. The summed E-state index contributed by atoms with van der Waals surface area (Å²) in [5.41, 5.74) is 1.62. The van der Waals surface area contributed by atoms with Crippen molar-refractivity contribution in [3.63, 3.8) is 0 Å². The normalized spacial score (nSPS) is 12.2. The van der Waals surface area contributed by atoms with E-state index in [1.807, 2.05) is 6.92 Å². The highest BCUT2D eigenvalue weighted by Crippen LogP contribution is 2.35. The Morgan fingerprint density at radius 3 is 2.31 bits per heavy atom. The van der Waals surface area contributed by atoms with E-state index in [2.05, 4.69) is 0 Å². The van der Waals surface area contributed by atoms with E-state index in [1.165, 1.54) is 13.2 Å². The van der Waals surface area contributed by atoms with Gasteiger partial charge in [-0.3, -0.25) is 10.1 Å². The van der Waals surface area contributed by atoms with E-state index in [-0.39, 0.29) is 24.3 Å². The lowest BCUT2D eigenvalue weighted by Gasteiger charge is -2.19. The number of para-hydroxylation sites is 1. The number of hydrogen-bond donors (Lipinski definition) is 0. The molecule has 9 heteroatoms. The zero-order valence-electron chi connectivity index (χ0n) is 19.9. The van der Waals surface area contributed by atoms with E-state index in [4.69, 9.17) is 9.47 Å². The number of nitrogens with zero attached hydrogens (tertiary/aromatic N) is 1. The van der Waals surface area contributed by atoms with Gasteiger partial charge in [0.2, 0.25) is 0 Å². The van der Waals surface area contributed by atoms with Crippen LogP contribution in [0.3, 0.4) is 0 Å². The minimum Gasteiger partial charge on any atom is -0.493 e. The van der Waals surface area contributed by atoms with Crippen molar-refractivity contribution >= 4 is 15.5 Å². The molecule has 7 nitrogen and oxygen atoms in total. The Balaban J connectivity index is 2.06. The van der Waals surface area contributed by atoms with Gasteiger partial charge in [-0.2, -0.15) is 0 Å². The SMILES string of the molecule is CCOc1cc([C@H](Cc2cccc(Cc3ccccc3F)c2[N+](=O)[O-])CS(C)(=O)=O)ccc1OC. The highest BCUT2D eigenvalue weighted by atomic mass is 32.2. The molecule has 0 radical (unpaired) electrons. The van der Waals surface area contributed by atoms with Crippen LogP contribution in [-0.2, 0) is 22.7 Å². The zero-order valence-corrected chi connectivity index (χ0v) is 20.7. The Kier molecular flexibility index (Phi) is 8.45. The summed E-state index contributed by atoms with van der Waals surface area (Å²) in [4.78, 5) is 11.6. The quantitative estimate of drug-likeness (QED) is 0.268. The van der Waals surface area contributed by atoms with Crippen LogP contribution in [0, 0.1) is 15.9 Å². The summed E-state index contributed by atoms with van der Waals surface area (Å²) in [7, 11) is -1.91. The summed E-state index contributed by atoms with van der Waals surface area (Å²) in [6.07, 6.45) is 1.28. The highest BCUT2D eigenvalue weighted by molar-refractivity contribution is 7.90. The molecule has 0 aliphatic rings. The predicted molar refractivity (Wildman–Crippen MR) is 133 cm³/mol. The average molecular weight is 502 g/mol. The molecule has 0 saturated heterocycles. The number of nitro groups is 1. The van der Waals surface area contributed by atoms with Gasteiger partial charge < -0.3 is 9.47 Å². The van der Waals surface area contributed by atoms with Gasteiger partial charge in [-0.25, -0.2) is 12.8 Å². The second kappa shape index (κ2) is 11.3. The van der Waals surface area contributed by atoms with Crippen molar-refractivity contribution in [3.8, 4) is 11.5 Å². The van der Waals surface area contributed by atoms with Crippen LogP contribution in [0.2, 0.25) is 0 Å². The van der Waals surface area contributed by atoms with Crippen LogP contribution in [0.5, 0.6) is 11.5 Å². The van der Waals surface area contributed by atoms with E-state index in [1.54, 1.807) is 54.6 Å². The van der Waals surface area contributed by atoms with Gasteiger partial charge in [0.1, 0.15) is 15.7 Å². The Labute approximate surface area is 204 Å². The summed E-state index contributed by atoms with van der Waals surface area (Å²) >= 11 is 0. The molecule has 0 unspecified atom stereocenters. The van der Waals surface area contributed by atoms with Crippen molar-refractivity contribution in [2.75, 3.05) is 25.7 Å². The van der Waals surface area contributed by atoms with E-state index in [0.29, 0.717) is 40.4 Å². The molecule has 0 saturated carbocycles. The van der Waals surface area contributed by atoms with Crippen LogP contribution in [-0.4, -0.2) is 39.1 Å². The maximum atomic E-state index is 14.2. The van der Waals surface area contributed by atoms with Crippen molar-refractivity contribution in [1.82, 2.24) is 0 Å². The third-order valence-electron chi connectivity index (χ3n) is 5.65. The first-order valence-electron chi connectivity index (χ1n) is 11.1. The fourth-order valence-electron chi connectivity index (χ4n) is 4.15. The highest BCUT2D eigenvalue weighted by Gasteiger charge is 2.26. The molecule has 0 aliphatic carbocycles. The summed E-state index contributed by atoms with van der Waals surface area (Å²) < 4.78 is 49.7. The third kappa shape index (κ3) is 6.79. The molecule has 0 spiro atoms. The number of ether oxygens (including phenoxy) is 2. The largest absolute Gasteiger partial charge is 0.493 e. The predicted octanol–water partition coefficient (Wildman–Crippen LogP) is 5.10. The molecule has 1 atom stereocenters. The fourth-order valence-corrected chi connectivity index (χ4v) is 5.19. The molecule has 0 aromatic heterocycles. The van der Waals surface area contributed by atoms with Crippen LogP contribution in [0.15, 0.2) is 60.7 Å². The van der Waals surface area contributed by atoms with Crippen molar-refractivity contribution in [2.45, 2.75) is 25.7 Å². The van der Waals surface area contributed by atoms with Gasteiger partial charge in [-0.15, -0.1) is 0 Å². The van der Waals surface area contributed by atoms with Crippen LogP contribution in [0.25, 0.3) is 0 Å². The van der Waals surface area contributed by atoms with Crippen LogP contribution < -0.4 is 9.47 Å². The number of sulfone groups is 1. The minimum absolute atomic E-state index is 0.0462. The minimum atomic E-state index is -3.42. The van der Waals surface area contributed by atoms with Gasteiger partial charge in [0.15, 0.2) is 11.5 Å². The summed E-state index contributed by atoms with van der Waals surface area (Å²) in [5, 5.41) is 12.1. The molecule has 0 heterocycles. The van der Waals surface area contributed by atoms with Gasteiger partial charge in [0.25, 0.3) is 5.69 Å². The lowest BCUT2D eigenvalue weighted by atomic mass is 9.90. The lowest BCUT2D eigenvalue weighted by Crippen LogP contribution is -2.17. The molecule has 0 bridgehead atoms. The smallest absolute Gasteiger partial charge is 0.276 e. The van der Waals surface area contributed by atoms with Gasteiger partial charge in [-0.1, -0.05) is 42.5 Å². The number of rotatable bonds is 11. The van der Waals surface area contributed by atoms with Gasteiger partial charge in [0.05, 0.1) is 24.4 Å². The number of methoxy groups -OCH3 is 1. The Morgan fingerprint density at radius 2 is 1.69 bits per heavy atom. The molecule has 0 amide bonds. The molecule has 0 fully saturated rings. The molecule has 35 heavy (non-hydrogen) atoms. The van der Waals surface area contributed by atoms with Crippen molar-refractivity contribution < 1.29 is 27.2 Å². The molecule has 0 N–H and O–H groups in total. The van der Waals surface area contributed by atoms with Crippen molar-refractivity contribution in [1.29, 1.82) is 0 Å². The van der Waals surface area contributed by atoms with E-state index < -0.39 is 26.5 Å². The Bertz CT molecular complexity index is 1310. The average Bonchev–Trinajstić information content (AvgIpc) is 2.79. The van der Waals surface area contributed by atoms with Crippen LogP contribution in [0.4, 0.5) is 10.1 Å². The number of hydrogen-bond acceptors (Lipinski definition) is 6. The molecule has 3 aromatic carbocycles. The molecule has 3 rings (SSSR count). The van der Waals surface area contributed by atoms with Crippen LogP contribution in [0.1, 0.15) is 35.1 Å². The lowest BCUT2D eigenvalue weighted by molar-refractivity contribution is -0.386. The molecular formula is C26H28FNO6S. The first-order chi connectivity index (χ1) is 16.6.